The molecule has 1 unspecified atom stereocenters. The minimum absolute atomic E-state index is 0.0704. The van der Waals surface area contributed by atoms with E-state index in [2.05, 4.69) is 4.90 Å². The summed E-state index contributed by atoms with van der Waals surface area (Å²) in [5, 5.41) is 1.05. The SMILES string of the molecule is CN1CCCCC(n2c(=O)n(-c3ccc(Cl)cc3Cl)c3c(Cl)cc(C(N)=O)cc32)C1. The number of likely N-dealkylation sites (tertiary alicyclic amines) is 1. The van der Waals surface area contributed by atoms with Crippen molar-refractivity contribution in [3.05, 3.63) is 61.4 Å². The Kier molecular flexibility index (Phi) is 5.86. The lowest BCUT2D eigenvalue weighted by Crippen LogP contribution is -2.32. The van der Waals surface area contributed by atoms with Crippen LogP contribution in [0.4, 0.5) is 0 Å². The summed E-state index contributed by atoms with van der Waals surface area (Å²) in [7, 11) is 2.04. The molecule has 1 amide bonds. The number of benzene rings is 2. The molecule has 2 aromatic carbocycles. The van der Waals surface area contributed by atoms with E-state index in [-0.39, 0.29) is 22.3 Å². The number of carbonyl (C=O) groups is 1. The van der Waals surface area contributed by atoms with Gasteiger partial charge in [0.1, 0.15) is 0 Å². The van der Waals surface area contributed by atoms with Crippen LogP contribution in [-0.2, 0) is 0 Å². The minimum Gasteiger partial charge on any atom is -0.366 e. The van der Waals surface area contributed by atoms with Gasteiger partial charge in [0.2, 0.25) is 5.91 Å². The molecule has 1 atom stereocenters. The number of aromatic nitrogens is 2. The second-order valence-corrected chi connectivity index (χ2v) is 8.94. The molecule has 30 heavy (non-hydrogen) atoms. The first-order valence-electron chi connectivity index (χ1n) is 9.68. The quantitative estimate of drug-likeness (QED) is 0.616. The summed E-state index contributed by atoms with van der Waals surface area (Å²) in [6, 6.07) is 7.99. The Hall–Kier alpha value is -1.99. The highest BCUT2D eigenvalue weighted by Crippen LogP contribution is 2.33. The van der Waals surface area contributed by atoms with Gasteiger partial charge >= 0.3 is 5.69 Å². The summed E-state index contributed by atoms with van der Waals surface area (Å²) < 4.78 is 3.21. The Balaban J connectivity index is 2.06. The molecule has 1 aliphatic heterocycles. The number of hydrogen-bond acceptors (Lipinski definition) is 3. The van der Waals surface area contributed by atoms with E-state index in [1.54, 1.807) is 28.8 Å². The van der Waals surface area contributed by atoms with Crippen LogP contribution in [0.5, 0.6) is 0 Å². The molecule has 2 heterocycles. The van der Waals surface area contributed by atoms with E-state index < -0.39 is 5.91 Å². The van der Waals surface area contributed by atoms with Gasteiger partial charge in [0.05, 0.1) is 32.8 Å². The zero-order chi connectivity index (χ0) is 21.6. The van der Waals surface area contributed by atoms with Crippen molar-refractivity contribution in [2.75, 3.05) is 20.1 Å². The monoisotopic (exact) mass is 466 g/mol. The Morgan fingerprint density at radius 1 is 1.10 bits per heavy atom. The fourth-order valence-corrected chi connectivity index (χ4v) is 4.98. The predicted octanol–water partition coefficient (Wildman–Crippen LogP) is 4.51. The molecule has 1 aromatic heterocycles. The van der Waals surface area contributed by atoms with Crippen molar-refractivity contribution in [3.63, 3.8) is 0 Å². The highest BCUT2D eigenvalue weighted by molar-refractivity contribution is 6.37. The van der Waals surface area contributed by atoms with Crippen molar-refractivity contribution in [2.24, 2.45) is 5.73 Å². The third-order valence-electron chi connectivity index (χ3n) is 5.57. The number of carbonyl (C=O) groups excluding carboxylic acids is 1. The highest BCUT2D eigenvalue weighted by Gasteiger charge is 2.27. The first kappa shape index (κ1) is 21.2. The van der Waals surface area contributed by atoms with Gasteiger partial charge in [-0.3, -0.25) is 13.9 Å². The van der Waals surface area contributed by atoms with E-state index in [0.717, 1.165) is 25.8 Å². The molecule has 2 N–H and O–H groups in total. The molecule has 0 spiro atoms. The number of primary amides is 1. The van der Waals surface area contributed by atoms with Crippen LogP contribution < -0.4 is 11.4 Å². The van der Waals surface area contributed by atoms with Gasteiger partial charge in [-0.1, -0.05) is 41.2 Å². The normalized spacial score (nSPS) is 17.9. The number of rotatable bonds is 3. The van der Waals surface area contributed by atoms with E-state index >= 15 is 0 Å². The Morgan fingerprint density at radius 3 is 2.57 bits per heavy atom. The summed E-state index contributed by atoms with van der Waals surface area (Å²) in [6.45, 7) is 1.69. The van der Waals surface area contributed by atoms with Crippen LogP contribution in [0.3, 0.4) is 0 Å². The van der Waals surface area contributed by atoms with E-state index in [1.165, 1.54) is 10.6 Å². The molecule has 158 valence electrons. The van der Waals surface area contributed by atoms with Crippen molar-refractivity contribution in [3.8, 4) is 5.69 Å². The lowest BCUT2D eigenvalue weighted by molar-refractivity contribution is 0.100. The Labute approximate surface area is 188 Å². The molecular weight excluding hydrogens is 447 g/mol. The van der Waals surface area contributed by atoms with Crippen LogP contribution in [0.25, 0.3) is 16.7 Å². The average molecular weight is 468 g/mol. The zero-order valence-electron chi connectivity index (χ0n) is 16.4. The number of fused-ring (bicyclic) bond motifs is 1. The van der Waals surface area contributed by atoms with Crippen molar-refractivity contribution < 1.29 is 4.79 Å². The van der Waals surface area contributed by atoms with Crippen LogP contribution in [-0.4, -0.2) is 40.1 Å². The van der Waals surface area contributed by atoms with Crippen LogP contribution >= 0.6 is 34.8 Å². The summed E-state index contributed by atoms with van der Waals surface area (Å²) in [5.74, 6) is -0.604. The molecule has 1 aliphatic rings. The third kappa shape index (κ3) is 3.73. The maximum atomic E-state index is 13.7. The number of nitrogens with zero attached hydrogens (tertiary/aromatic N) is 3. The van der Waals surface area contributed by atoms with Gasteiger partial charge in [0.25, 0.3) is 0 Å². The number of likely N-dealkylation sites (N-methyl/N-ethyl adjacent to an activating group) is 1. The van der Waals surface area contributed by atoms with Gasteiger partial charge in [-0.05, 0) is 56.8 Å². The van der Waals surface area contributed by atoms with Gasteiger partial charge in [-0.15, -0.1) is 0 Å². The van der Waals surface area contributed by atoms with Gasteiger partial charge in [0, 0.05) is 17.1 Å². The Morgan fingerprint density at radius 2 is 1.87 bits per heavy atom. The van der Waals surface area contributed by atoms with Crippen molar-refractivity contribution in [1.82, 2.24) is 14.0 Å². The van der Waals surface area contributed by atoms with Crippen LogP contribution in [0, 0.1) is 0 Å². The van der Waals surface area contributed by atoms with Crippen LogP contribution in [0.2, 0.25) is 15.1 Å². The summed E-state index contributed by atoms with van der Waals surface area (Å²) in [5.41, 5.74) is 7.03. The molecule has 0 aliphatic carbocycles. The van der Waals surface area contributed by atoms with E-state index in [9.17, 15) is 9.59 Å². The number of halogens is 3. The third-order valence-corrected chi connectivity index (χ3v) is 6.40. The average Bonchev–Trinajstić information content (AvgIpc) is 2.81. The lowest BCUT2D eigenvalue weighted by atomic mass is 10.1. The van der Waals surface area contributed by atoms with Gasteiger partial charge < -0.3 is 10.6 Å². The van der Waals surface area contributed by atoms with E-state index in [4.69, 9.17) is 40.5 Å². The number of amides is 1. The highest BCUT2D eigenvalue weighted by atomic mass is 35.5. The lowest BCUT2D eigenvalue weighted by Gasteiger charge is -2.21. The van der Waals surface area contributed by atoms with Crippen LogP contribution in [0.1, 0.15) is 35.7 Å². The van der Waals surface area contributed by atoms with Crippen molar-refractivity contribution >= 4 is 51.7 Å². The molecular formula is C21H21Cl3N4O2. The summed E-state index contributed by atoms with van der Waals surface area (Å²) in [6.07, 6.45) is 2.91. The summed E-state index contributed by atoms with van der Waals surface area (Å²) in [4.78, 5) is 27.8. The molecule has 6 nitrogen and oxygen atoms in total. The van der Waals surface area contributed by atoms with E-state index in [0.29, 0.717) is 33.3 Å². The first-order chi connectivity index (χ1) is 14.3. The van der Waals surface area contributed by atoms with Crippen LogP contribution in [0.15, 0.2) is 35.1 Å². The Bertz CT molecular complexity index is 1200. The zero-order valence-corrected chi connectivity index (χ0v) is 18.6. The molecule has 1 fully saturated rings. The van der Waals surface area contributed by atoms with Gasteiger partial charge in [-0.25, -0.2) is 4.79 Å². The minimum atomic E-state index is -0.604. The fraction of sp³-hybridized carbons (Fsp3) is 0.333. The van der Waals surface area contributed by atoms with Crippen molar-refractivity contribution in [1.29, 1.82) is 0 Å². The summed E-state index contributed by atoms with van der Waals surface area (Å²) >= 11 is 19.1. The number of hydrogen-bond donors (Lipinski definition) is 1. The van der Waals surface area contributed by atoms with E-state index in [1.807, 2.05) is 7.05 Å². The number of imidazole rings is 1. The smallest absolute Gasteiger partial charge is 0.334 e. The molecule has 3 aromatic rings. The topological polar surface area (TPSA) is 73.3 Å². The molecule has 0 radical (unpaired) electrons. The second-order valence-electron chi connectivity index (χ2n) is 7.69. The molecule has 4 rings (SSSR count). The fourth-order valence-electron chi connectivity index (χ4n) is 4.19. The molecule has 0 bridgehead atoms. The largest absolute Gasteiger partial charge is 0.366 e. The second kappa shape index (κ2) is 8.27. The maximum Gasteiger partial charge on any atom is 0.334 e. The molecule has 9 heteroatoms. The van der Waals surface area contributed by atoms with Gasteiger partial charge in [-0.2, -0.15) is 0 Å². The maximum absolute atomic E-state index is 13.7. The first-order valence-corrected chi connectivity index (χ1v) is 10.8. The number of nitrogens with two attached hydrogens (primary N) is 1. The standard InChI is InChI=1S/C21H21Cl3N4O2/c1-26-7-3-2-4-14(11-26)27-18-9-12(20(25)29)8-16(24)19(18)28(21(27)30)17-6-5-13(22)10-15(17)23/h5-6,8-10,14H,2-4,7,11H2,1H3,(H2,25,29). The molecule has 0 saturated carbocycles. The van der Waals surface area contributed by atoms with Crippen molar-refractivity contribution in [2.45, 2.75) is 25.3 Å². The molecule has 1 saturated heterocycles. The van der Waals surface area contributed by atoms with Gasteiger partial charge in [0.15, 0.2) is 0 Å². The predicted molar refractivity (Wildman–Crippen MR) is 121 cm³/mol.